The van der Waals surface area contributed by atoms with Crippen LogP contribution in [0.15, 0.2) is 36.5 Å². The molecule has 4 rings (SSSR count). The normalized spacial score (nSPS) is 14.2. The molecule has 1 fully saturated rings. The van der Waals surface area contributed by atoms with Gasteiger partial charge in [-0.1, -0.05) is 11.3 Å². The number of fused-ring (bicyclic) bond motifs is 1. The predicted octanol–water partition coefficient (Wildman–Crippen LogP) is 5.13. The summed E-state index contributed by atoms with van der Waals surface area (Å²) < 4.78 is 20.5. The molecule has 0 bridgehead atoms. The van der Waals surface area contributed by atoms with Crippen LogP contribution in [0.3, 0.4) is 0 Å². The van der Waals surface area contributed by atoms with Gasteiger partial charge in [-0.25, -0.2) is 14.2 Å². The summed E-state index contributed by atoms with van der Waals surface area (Å²) in [5.74, 6) is -0.702. The van der Waals surface area contributed by atoms with Crippen LogP contribution in [0.25, 0.3) is 10.2 Å². The van der Waals surface area contributed by atoms with Crippen molar-refractivity contribution in [3.63, 3.8) is 0 Å². The Morgan fingerprint density at radius 3 is 2.72 bits per heavy atom. The first-order chi connectivity index (χ1) is 15.1. The Morgan fingerprint density at radius 1 is 1.28 bits per heavy atom. The number of nitrogens with zero attached hydrogens (tertiary/aromatic N) is 2. The van der Waals surface area contributed by atoms with Crippen molar-refractivity contribution >= 4 is 66.8 Å². The highest BCUT2D eigenvalue weighted by Gasteiger charge is 2.35. The molecule has 3 aromatic rings. The number of thiophene rings is 1. The zero-order valence-corrected chi connectivity index (χ0v) is 20.7. The molecule has 3 heterocycles. The third-order valence-corrected chi connectivity index (χ3v) is 6.44. The molecular formula is C22H22FIN4O3S. The van der Waals surface area contributed by atoms with E-state index in [2.05, 4.69) is 15.6 Å². The Morgan fingerprint density at radius 2 is 2.03 bits per heavy atom. The molecular weight excluding hydrogens is 546 g/mol. The van der Waals surface area contributed by atoms with Crippen LogP contribution in [-0.4, -0.2) is 46.6 Å². The lowest BCUT2D eigenvalue weighted by Crippen LogP contribution is -2.61. The summed E-state index contributed by atoms with van der Waals surface area (Å²) in [6, 6.07) is 8.24. The Bertz CT molecular complexity index is 1190. The number of anilines is 2. The van der Waals surface area contributed by atoms with Crippen LogP contribution < -0.4 is 10.6 Å². The second-order valence-corrected chi connectivity index (χ2v) is 10.7. The molecule has 0 saturated carbocycles. The molecule has 168 valence electrons. The summed E-state index contributed by atoms with van der Waals surface area (Å²) in [5.41, 5.74) is 0.122. The number of halogens is 2. The summed E-state index contributed by atoms with van der Waals surface area (Å²) in [6.45, 7) is 6.17. The van der Waals surface area contributed by atoms with Gasteiger partial charge in [0.05, 0.1) is 17.3 Å². The van der Waals surface area contributed by atoms with Crippen molar-refractivity contribution in [3.05, 3.63) is 51.5 Å². The SMILES string of the molecule is CC(C)(C)OC(=O)N1CC(NC(=O)c2c(Nc3ccc(I)cc3F)sc3ncccc23)C1. The molecule has 32 heavy (non-hydrogen) atoms. The van der Waals surface area contributed by atoms with Crippen molar-refractivity contribution < 1.29 is 18.7 Å². The van der Waals surface area contributed by atoms with E-state index in [1.807, 2.05) is 49.4 Å². The predicted molar refractivity (Wildman–Crippen MR) is 131 cm³/mol. The molecule has 1 aliphatic rings. The number of ether oxygens (including phenoxy) is 1. The summed E-state index contributed by atoms with van der Waals surface area (Å²) in [5, 5.41) is 7.22. The molecule has 1 aromatic carbocycles. The number of nitrogens with one attached hydrogen (secondary N) is 2. The minimum atomic E-state index is -0.570. The molecule has 10 heteroatoms. The van der Waals surface area contributed by atoms with E-state index in [1.54, 1.807) is 29.3 Å². The van der Waals surface area contributed by atoms with Crippen LogP contribution in [0, 0.1) is 9.39 Å². The molecule has 0 unspecified atom stereocenters. The van der Waals surface area contributed by atoms with Crippen LogP contribution >= 0.6 is 33.9 Å². The van der Waals surface area contributed by atoms with Crippen molar-refractivity contribution in [1.29, 1.82) is 0 Å². The van der Waals surface area contributed by atoms with E-state index >= 15 is 0 Å². The zero-order valence-electron chi connectivity index (χ0n) is 17.7. The third-order valence-electron chi connectivity index (χ3n) is 4.74. The quantitative estimate of drug-likeness (QED) is 0.427. The third kappa shape index (κ3) is 4.96. The van der Waals surface area contributed by atoms with E-state index in [1.165, 1.54) is 17.4 Å². The average Bonchev–Trinajstić information content (AvgIpc) is 3.03. The van der Waals surface area contributed by atoms with Crippen molar-refractivity contribution in [2.24, 2.45) is 0 Å². The highest BCUT2D eigenvalue weighted by Crippen LogP contribution is 2.37. The number of carbonyl (C=O) groups is 2. The van der Waals surface area contributed by atoms with Gasteiger partial charge < -0.3 is 20.3 Å². The largest absolute Gasteiger partial charge is 0.444 e. The van der Waals surface area contributed by atoms with Crippen LogP contribution in [0.5, 0.6) is 0 Å². The van der Waals surface area contributed by atoms with Crippen LogP contribution in [0.4, 0.5) is 19.9 Å². The average molecular weight is 568 g/mol. The lowest BCUT2D eigenvalue weighted by molar-refractivity contribution is 0.00534. The van der Waals surface area contributed by atoms with E-state index < -0.39 is 17.5 Å². The van der Waals surface area contributed by atoms with E-state index in [0.29, 0.717) is 33.9 Å². The Labute approximate surface area is 202 Å². The Hall–Kier alpha value is -2.47. The maximum absolute atomic E-state index is 14.4. The van der Waals surface area contributed by atoms with Crippen molar-refractivity contribution in [3.8, 4) is 0 Å². The molecule has 0 atom stereocenters. The lowest BCUT2D eigenvalue weighted by Gasteiger charge is -2.40. The second kappa shape index (κ2) is 8.81. The highest BCUT2D eigenvalue weighted by atomic mass is 127. The molecule has 2 N–H and O–H groups in total. The molecule has 0 radical (unpaired) electrons. The number of aromatic nitrogens is 1. The van der Waals surface area contributed by atoms with Crippen LogP contribution in [0.1, 0.15) is 31.1 Å². The number of carbonyl (C=O) groups excluding carboxylic acids is 2. The molecule has 7 nitrogen and oxygen atoms in total. The van der Waals surface area contributed by atoms with E-state index in [9.17, 15) is 14.0 Å². The van der Waals surface area contributed by atoms with Crippen LogP contribution in [-0.2, 0) is 4.74 Å². The van der Waals surface area contributed by atoms with Crippen molar-refractivity contribution in [2.45, 2.75) is 32.4 Å². The zero-order chi connectivity index (χ0) is 23.0. The topological polar surface area (TPSA) is 83.6 Å². The van der Waals surface area contributed by atoms with Crippen molar-refractivity contribution in [1.82, 2.24) is 15.2 Å². The van der Waals surface area contributed by atoms with Gasteiger partial charge >= 0.3 is 6.09 Å². The Balaban J connectivity index is 1.51. The van der Waals surface area contributed by atoms with Gasteiger partial charge in [0.15, 0.2) is 0 Å². The fraction of sp³-hybridized carbons (Fsp3) is 0.318. The number of pyridine rings is 1. The first-order valence-electron chi connectivity index (χ1n) is 9.99. The van der Waals surface area contributed by atoms with Gasteiger partial charge in [0.25, 0.3) is 5.91 Å². The van der Waals surface area contributed by atoms with Gasteiger partial charge in [-0.2, -0.15) is 0 Å². The number of benzene rings is 1. The lowest BCUT2D eigenvalue weighted by atomic mass is 10.1. The highest BCUT2D eigenvalue weighted by molar-refractivity contribution is 14.1. The summed E-state index contributed by atoms with van der Waals surface area (Å²) >= 11 is 3.33. The summed E-state index contributed by atoms with van der Waals surface area (Å²) in [6.07, 6.45) is 1.25. The molecule has 2 amide bonds. The standard InChI is InChI=1S/C22H22FIN4O3S/c1-22(2,3)31-21(30)28-10-13(11-28)26-18(29)17-14-5-4-8-25-19(14)32-20(17)27-16-7-6-12(24)9-15(16)23/h4-9,13,27H,10-11H2,1-3H3,(H,26,29). The first kappa shape index (κ1) is 22.7. The fourth-order valence-electron chi connectivity index (χ4n) is 3.26. The van der Waals surface area contributed by atoms with Gasteiger partial charge in [-0.15, -0.1) is 0 Å². The number of hydrogen-bond acceptors (Lipinski definition) is 6. The number of rotatable bonds is 4. The van der Waals surface area contributed by atoms with Gasteiger partial charge in [0.2, 0.25) is 0 Å². The summed E-state index contributed by atoms with van der Waals surface area (Å²) in [7, 11) is 0. The molecule has 1 aliphatic heterocycles. The monoisotopic (exact) mass is 568 g/mol. The van der Waals surface area contributed by atoms with E-state index in [0.717, 1.165) is 3.57 Å². The number of hydrogen-bond donors (Lipinski definition) is 2. The van der Waals surface area contributed by atoms with Crippen molar-refractivity contribution in [2.75, 3.05) is 18.4 Å². The maximum atomic E-state index is 14.4. The van der Waals surface area contributed by atoms with E-state index in [4.69, 9.17) is 4.74 Å². The molecule has 0 spiro atoms. The Kier molecular flexibility index (Phi) is 6.26. The van der Waals surface area contributed by atoms with Gasteiger partial charge in [-0.3, -0.25) is 4.79 Å². The van der Waals surface area contributed by atoms with Gasteiger partial charge in [0.1, 0.15) is 21.2 Å². The fourth-order valence-corrected chi connectivity index (χ4v) is 4.77. The number of likely N-dealkylation sites (tertiary alicyclic amines) is 1. The molecule has 2 aromatic heterocycles. The first-order valence-corrected chi connectivity index (χ1v) is 11.9. The second-order valence-electron chi connectivity index (χ2n) is 8.47. The number of amides is 2. The van der Waals surface area contributed by atoms with Crippen LogP contribution in [0.2, 0.25) is 0 Å². The molecule has 0 aliphatic carbocycles. The minimum Gasteiger partial charge on any atom is -0.444 e. The minimum absolute atomic E-state index is 0.190. The van der Waals surface area contributed by atoms with Gasteiger partial charge in [-0.05, 0) is 73.7 Å². The maximum Gasteiger partial charge on any atom is 0.410 e. The summed E-state index contributed by atoms with van der Waals surface area (Å²) in [4.78, 5) is 31.9. The smallest absolute Gasteiger partial charge is 0.410 e. The molecule has 1 saturated heterocycles. The van der Waals surface area contributed by atoms with E-state index in [-0.39, 0.29) is 17.6 Å². The van der Waals surface area contributed by atoms with Gasteiger partial charge in [0, 0.05) is 28.2 Å².